The van der Waals surface area contributed by atoms with Crippen LogP contribution in [0.15, 0.2) is 24.3 Å². The maximum atomic E-state index is 10.5. The fraction of sp³-hybridized carbons (Fsp3) is 0.647. The Morgan fingerprint density at radius 1 is 1.00 bits per heavy atom. The molecule has 1 N–H and O–H groups in total. The molecular weight excluding hydrogens is 252 g/mol. The van der Waals surface area contributed by atoms with Crippen molar-refractivity contribution < 1.29 is 14.6 Å². The van der Waals surface area contributed by atoms with Gasteiger partial charge >= 0.3 is 0 Å². The van der Waals surface area contributed by atoms with Gasteiger partial charge in [0.1, 0.15) is 0 Å². The summed E-state index contributed by atoms with van der Waals surface area (Å²) in [6.45, 7) is 8.40. The number of methoxy groups -OCH3 is 2. The maximum absolute atomic E-state index is 10.5. The van der Waals surface area contributed by atoms with Gasteiger partial charge < -0.3 is 14.6 Å². The molecule has 0 amide bonds. The van der Waals surface area contributed by atoms with Gasteiger partial charge in [-0.25, -0.2) is 0 Å². The molecule has 0 aliphatic heterocycles. The number of hydrogen-bond donors (Lipinski definition) is 1. The van der Waals surface area contributed by atoms with Crippen LogP contribution in [-0.2, 0) is 21.3 Å². The number of rotatable bonds is 6. The Balaban J connectivity index is 2.72. The van der Waals surface area contributed by atoms with Gasteiger partial charge in [0.05, 0.1) is 5.60 Å². The SMILES string of the molecule is COC(CC(C)(O)Cc1ccc(C(C)(C)C)cc1)OC. The van der Waals surface area contributed by atoms with Crippen molar-refractivity contribution in [1.82, 2.24) is 0 Å². The van der Waals surface area contributed by atoms with E-state index in [-0.39, 0.29) is 11.7 Å². The first-order valence-corrected chi connectivity index (χ1v) is 7.05. The Morgan fingerprint density at radius 3 is 1.90 bits per heavy atom. The average Bonchev–Trinajstić information content (AvgIpc) is 2.35. The van der Waals surface area contributed by atoms with Crippen LogP contribution < -0.4 is 0 Å². The molecule has 1 aromatic carbocycles. The molecule has 0 aliphatic rings. The lowest BCUT2D eigenvalue weighted by molar-refractivity contribution is -0.139. The lowest BCUT2D eigenvalue weighted by Crippen LogP contribution is -2.34. The predicted molar refractivity (Wildman–Crippen MR) is 81.9 cm³/mol. The van der Waals surface area contributed by atoms with E-state index in [1.807, 2.05) is 6.92 Å². The third-order valence-corrected chi connectivity index (χ3v) is 3.54. The molecule has 0 radical (unpaired) electrons. The van der Waals surface area contributed by atoms with Crippen molar-refractivity contribution >= 4 is 0 Å². The van der Waals surface area contributed by atoms with Crippen LogP contribution in [0.3, 0.4) is 0 Å². The number of hydrogen-bond acceptors (Lipinski definition) is 3. The molecule has 0 spiro atoms. The zero-order valence-corrected chi connectivity index (χ0v) is 13.6. The second-order valence-electron chi connectivity index (χ2n) is 6.73. The van der Waals surface area contributed by atoms with E-state index >= 15 is 0 Å². The van der Waals surface area contributed by atoms with E-state index in [2.05, 4.69) is 45.0 Å². The van der Waals surface area contributed by atoms with Crippen LogP contribution in [0.4, 0.5) is 0 Å². The summed E-state index contributed by atoms with van der Waals surface area (Å²) in [4.78, 5) is 0. The summed E-state index contributed by atoms with van der Waals surface area (Å²) < 4.78 is 10.3. The average molecular weight is 280 g/mol. The first-order valence-electron chi connectivity index (χ1n) is 7.05. The molecule has 0 saturated carbocycles. The van der Waals surface area contributed by atoms with Crippen molar-refractivity contribution in [3.05, 3.63) is 35.4 Å². The molecule has 0 heterocycles. The van der Waals surface area contributed by atoms with E-state index in [0.717, 1.165) is 5.56 Å². The van der Waals surface area contributed by atoms with E-state index in [1.54, 1.807) is 14.2 Å². The van der Waals surface area contributed by atoms with Gasteiger partial charge in [-0.1, -0.05) is 45.0 Å². The fourth-order valence-electron chi connectivity index (χ4n) is 2.26. The summed E-state index contributed by atoms with van der Waals surface area (Å²) in [6.07, 6.45) is 0.653. The highest BCUT2D eigenvalue weighted by atomic mass is 16.7. The lowest BCUT2D eigenvalue weighted by Gasteiger charge is -2.27. The van der Waals surface area contributed by atoms with Crippen molar-refractivity contribution in [2.24, 2.45) is 0 Å². The normalized spacial score (nSPS) is 15.4. The van der Waals surface area contributed by atoms with Crippen molar-refractivity contribution in [2.75, 3.05) is 14.2 Å². The van der Waals surface area contributed by atoms with Crippen LogP contribution in [0.5, 0.6) is 0 Å². The van der Waals surface area contributed by atoms with Crippen molar-refractivity contribution in [3.8, 4) is 0 Å². The van der Waals surface area contributed by atoms with E-state index in [4.69, 9.17) is 9.47 Å². The number of benzene rings is 1. The molecule has 1 aromatic rings. The third kappa shape index (κ3) is 5.23. The maximum Gasteiger partial charge on any atom is 0.159 e. The Labute approximate surface area is 122 Å². The molecule has 0 fully saturated rings. The molecule has 0 bridgehead atoms. The second-order valence-corrected chi connectivity index (χ2v) is 6.73. The summed E-state index contributed by atoms with van der Waals surface area (Å²) in [5, 5.41) is 10.5. The van der Waals surface area contributed by atoms with Gasteiger partial charge in [-0.2, -0.15) is 0 Å². The topological polar surface area (TPSA) is 38.7 Å². The Kier molecular flexibility index (Phi) is 5.75. The van der Waals surface area contributed by atoms with Crippen LogP contribution >= 0.6 is 0 Å². The van der Waals surface area contributed by atoms with Gasteiger partial charge in [-0.05, 0) is 23.5 Å². The van der Waals surface area contributed by atoms with Crippen molar-refractivity contribution in [3.63, 3.8) is 0 Å². The summed E-state index contributed by atoms with van der Waals surface area (Å²) in [6, 6.07) is 8.44. The standard InChI is InChI=1S/C17H28O3/c1-16(2,3)14-9-7-13(8-10-14)11-17(4,18)12-15(19-5)20-6/h7-10,15,18H,11-12H2,1-6H3. The van der Waals surface area contributed by atoms with Crippen LogP contribution in [0.2, 0.25) is 0 Å². The van der Waals surface area contributed by atoms with Gasteiger partial charge in [0.2, 0.25) is 0 Å². The third-order valence-electron chi connectivity index (χ3n) is 3.54. The van der Waals surface area contributed by atoms with Crippen LogP contribution in [0, 0.1) is 0 Å². The number of aliphatic hydroxyl groups is 1. The molecular formula is C17H28O3. The Morgan fingerprint density at radius 2 is 1.50 bits per heavy atom. The highest BCUT2D eigenvalue weighted by Crippen LogP contribution is 2.25. The molecule has 3 nitrogen and oxygen atoms in total. The summed E-state index contributed by atoms with van der Waals surface area (Å²) >= 11 is 0. The van der Waals surface area contributed by atoms with E-state index < -0.39 is 5.60 Å². The molecule has 20 heavy (non-hydrogen) atoms. The molecule has 1 rings (SSSR count). The first kappa shape index (κ1) is 17.2. The van der Waals surface area contributed by atoms with Gasteiger partial charge in [-0.15, -0.1) is 0 Å². The van der Waals surface area contributed by atoms with Crippen LogP contribution in [-0.4, -0.2) is 31.2 Å². The van der Waals surface area contributed by atoms with Crippen molar-refractivity contribution in [2.45, 2.75) is 57.8 Å². The molecule has 0 aliphatic carbocycles. The minimum Gasteiger partial charge on any atom is -0.390 e. The van der Waals surface area contributed by atoms with E-state index in [1.165, 1.54) is 5.56 Å². The zero-order valence-electron chi connectivity index (χ0n) is 13.6. The van der Waals surface area contributed by atoms with Crippen LogP contribution in [0.1, 0.15) is 45.2 Å². The fourth-order valence-corrected chi connectivity index (χ4v) is 2.26. The molecule has 0 saturated heterocycles. The molecule has 1 unspecified atom stereocenters. The lowest BCUT2D eigenvalue weighted by atomic mass is 9.85. The quantitative estimate of drug-likeness (QED) is 0.813. The second kappa shape index (κ2) is 6.70. The summed E-state index contributed by atoms with van der Waals surface area (Å²) in [5.74, 6) is 0. The van der Waals surface area contributed by atoms with Gasteiger partial charge in [0, 0.05) is 27.1 Å². The zero-order chi connectivity index (χ0) is 15.4. The minimum atomic E-state index is -0.847. The monoisotopic (exact) mass is 280 g/mol. The Bertz CT molecular complexity index is 397. The number of ether oxygens (including phenoxy) is 2. The van der Waals surface area contributed by atoms with Crippen LogP contribution in [0.25, 0.3) is 0 Å². The smallest absolute Gasteiger partial charge is 0.159 e. The highest BCUT2D eigenvalue weighted by molar-refractivity contribution is 5.28. The highest BCUT2D eigenvalue weighted by Gasteiger charge is 2.26. The summed E-state index contributed by atoms with van der Waals surface area (Å²) in [7, 11) is 3.17. The van der Waals surface area contributed by atoms with Crippen molar-refractivity contribution in [1.29, 1.82) is 0 Å². The largest absolute Gasteiger partial charge is 0.390 e. The molecule has 3 heteroatoms. The minimum absolute atomic E-state index is 0.151. The van der Waals surface area contributed by atoms with E-state index in [0.29, 0.717) is 12.8 Å². The molecule has 114 valence electrons. The van der Waals surface area contributed by atoms with Gasteiger partial charge in [-0.3, -0.25) is 0 Å². The van der Waals surface area contributed by atoms with Gasteiger partial charge in [0.15, 0.2) is 6.29 Å². The Hall–Kier alpha value is -0.900. The summed E-state index contributed by atoms with van der Waals surface area (Å²) in [5.41, 5.74) is 1.72. The van der Waals surface area contributed by atoms with E-state index in [9.17, 15) is 5.11 Å². The predicted octanol–water partition coefficient (Wildman–Crippen LogP) is 3.29. The molecule has 1 atom stereocenters. The first-order chi connectivity index (χ1) is 9.18. The molecule has 0 aromatic heterocycles. The van der Waals surface area contributed by atoms with Gasteiger partial charge in [0.25, 0.3) is 0 Å².